The van der Waals surface area contributed by atoms with Gasteiger partial charge in [0.15, 0.2) is 0 Å². The molecule has 0 atom stereocenters. The second kappa shape index (κ2) is 9.23. The largest absolute Gasteiger partial charge is 0.309 e. The Morgan fingerprint density at radius 2 is 1.02 bits per heavy atom. The van der Waals surface area contributed by atoms with Crippen LogP contribution >= 0.6 is 0 Å². The summed E-state index contributed by atoms with van der Waals surface area (Å²) in [6.45, 7) is 4.18. The van der Waals surface area contributed by atoms with Crippen molar-refractivity contribution in [3.8, 4) is 28.6 Å². The van der Waals surface area contributed by atoms with E-state index in [0.29, 0.717) is 5.56 Å². The Labute approximate surface area is 244 Å². The Kier molecular flexibility index (Phi) is 5.32. The summed E-state index contributed by atoms with van der Waals surface area (Å²) in [5.74, 6) is 0. The zero-order valence-electron chi connectivity index (χ0n) is 23.5. The van der Waals surface area contributed by atoms with Crippen LogP contribution in [0.2, 0.25) is 0 Å². The van der Waals surface area contributed by atoms with E-state index in [-0.39, 0.29) is 0 Å². The van der Waals surface area contributed by atoms with E-state index in [1.54, 1.807) is 0 Å². The number of para-hydroxylation sites is 3. The van der Waals surface area contributed by atoms with Crippen molar-refractivity contribution in [1.82, 2.24) is 9.13 Å². The Morgan fingerprint density at radius 3 is 1.64 bits per heavy atom. The van der Waals surface area contributed by atoms with Crippen LogP contribution in [0.5, 0.6) is 0 Å². The molecule has 198 valence electrons. The molecule has 8 aromatic rings. The van der Waals surface area contributed by atoms with Gasteiger partial charge < -0.3 is 9.13 Å². The Balaban J connectivity index is 1.37. The molecule has 2 aromatic heterocycles. The van der Waals surface area contributed by atoms with Gasteiger partial charge in [0, 0.05) is 27.2 Å². The van der Waals surface area contributed by atoms with Gasteiger partial charge in [-0.25, -0.2) is 0 Å². The number of aromatic nitrogens is 2. The molecule has 0 saturated carbocycles. The van der Waals surface area contributed by atoms with Crippen LogP contribution in [0.15, 0.2) is 127 Å². The minimum atomic E-state index is 0.709. The van der Waals surface area contributed by atoms with E-state index in [2.05, 4.69) is 150 Å². The van der Waals surface area contributed by atoms with E-state index in [1.165, 1.54) is 43.7 Å². The van der Waals surface area contributed by atoms with Crippen LogP contribution in [0.3, 0.4) is 0 Å². The van der Waals surface area contributed by atoms with Gasteiger partial charge in [-0.3, -0.25) is 0 Å². The highest BCUT2D eigenvalue weighted by molar-refractivity contribution is 6.12. The average molecular weight is 538 g/mol. The lowest BCUT2D eigenvalue weighted by Gasteiger charge is -2.15. The molecule has 0 amide bonds. The van der Waals surface area contributed by atoms with E-state index in [9.17, 15) is 5.26 Å². The summed E-state index contributed by atoms with van der Waals surface area (Å²) >= 11 is 0. The highest BCUT2D eigenvalue weighted by Gasteiger charge is 2.18. The van der Waals surface area contributed by atoms with Crippen LogP contribution in [-0.2, 0) is 0 Å². The molecule has 0 aliphatic heterocycles. The first kappa shape index (κ1) is 24.2. The van der Waals surface area contributed by atoms with Crippen LogP contribution in [0.1, 0.15) is 16.7 Å². The lowest BCUT2D eigenvalue weighted by Crippen LogP contribution is -2.02. The van der Waals surface area contributed by atoms with E-state index in [1.807, 2.05) is 6.07 Å². The van der Waals surface area contributed by atoms with Gasteiger partial charge in [-0.2, -0.15) is 5.26 Å². The smallest absolute Gasteiger partial charge is 0.0995 e. The van der Waals surface area contributed by atoms with Crippen LogP contribution < -0.4 is 0 Å². The van der Waals surface area contributed by atoms with Gasteiger partial charge in [-0.1, -0.05) is 72.8 Å². The van der Waals surface area contributed by atoms with Crippen molar-refractivity contribution in [2.24, 2.45) is 0 Å². The van der Waals surface area contributed by atoms with Crippen LogP contribution in [-0.4, -0.2) is 9.13 Å². The van der Waals surface area contributed by atoms with Gasteiger partial charge in [0.2, 0.25) is 0 Å². The second-order valence-corrected chi connectivity index (χ2v) is 11.0. The van der Waals surface area contributed by atoms with Gasteiger partial charge in [-0.05, 0) is 90.7 Å². The van der Waals surface area contributed by atoms with Crippen molar-refractivity contribution < 1.29 is 0 Å². The van der Waals surface area contributed by atoms with Crippen LogP contribution in [0.25, 0.3) is 66.1 Å². The first-order valence-electron chi connectivity index (χ1n) is 14.3. The summed E-state index contributed by atoms with van der Waals surface area (Å²) < 4.78 is 4.68. The molecule has 0 bridgehead atoms. The maximum atomic E-state index is 9.77. The van der Waals surface area contributed by atoms with Crippen LogP contribution in [0.4, 0.5) is 0 Å². The molecular formula is C39H27N3. The van der Waals surface area contributed by atoms with Gasteiger partial charge in [0.25, 0.3) is 0 Å². The summed E-state index contributed by atoms with van der Waals surface area (Å²) in [5.41, 5.74) is 12.2. The maximum absolute atomic E-state index is 9.77. The summed E-state index contributed by atoms with van der Waals surface area (Å²) in [4.78, 5) is 0. The molecular weight excluding hydrogens is 510 g/mol. The first-order chi connectivity index (χ1) is 20.6. The predicted molar refractivity (Wildman–Crippen MR) is 175 cm³/mol. The van der Waals surface area contributed by atoms with Gasteiger partial charge >= 0.3 is 0 Å². The van der Waals surface area contributed by atoms with Gasteiger partial charge in [0.05, 0.1) is 39.4 Å². The quantitative estimate of drug-likeness (QED) is 0.221. The second-order valence-electron chi connectivity index (χ2n) is 11.0. The third-order valence-electron chi connectivity index (χ3n) is 8.67. The standard InChI is InChI=1S/C39H27N3/c1-25-16-17-29(24-40)26(2)39(25)42-36-15-9-7-13-32(36)34-23-28(19-21-38(34)42)27-18-20-37-33(22-27)31-12-6-8-14-35(31)41(37)30-10-4-3-5-11-30/h3-23H,1-2H3. The normalized spacial score (nSPS) is 11.5. The minimum absolute atomic E-state index is 0.709. The van der Waals surface area contributed by atoms with Crippen molar-refractivity contribution in [2.75, 3.05) is 0 Å². The van der Waals surface area contributed by atoms with E-state index < -0.39 is 0 Å². The lowest BCUT2D eigenvalue weighted by molar-refractivity contribution is 1.11. The Bertz CT molecular complexity index is 2380. The van der Waals surface area contributed by atoms with Crippen molar-refractivity contribution >= 4 is 43.6 Å². The van der Waals surface area contributed by atoms with Crippen molar-refractivity contribution in [1.29, 1.82) is 5.26 Å². The molecule has 6 aromatic carbocycles. The predicted octanol–water partition coefficient (Wildman–Crippen LogP) is 10.0. The van der Waals surface area contributed by atoms with E-state index in [4.69, 9.17) is 0 Å². The molecule has 0 radical (unpaired) electrons. The van der Waals surface area contributed by atoms with E-state index in [0.717, 1.165) is 33.5 Å². The van der Waals surface area contributed by atoms with E-state index >= 15 is 0 Å². The number of hydrogen-bond donors (Lipinski definition) is 0. The fourth-order valence-electron chi connectivity index (χ4n) is 6.70. The van der Waals surface area contributed by atoms with Gasteiger partial charge in [0.1, 0.15) is 0 Å². The van der Waals surface area contributed by atoms with Crippen LogP contribution in [0, 0.1) is 25.2 Å². The number of nitrogens with zero attached hydrogens (tertiary/aromatic N) is 3. The zero-order valence-corrected chi connectivity index (χ0v) is 23.5. The van der Waals surface area contributed by atoms with Crippen molar-refractivity contribution in [3.05, 3.63) is 144 Å². The molecule has 2 heterocycles. The molecule has 8 rings (SSSR count). The molecule has 0 spiro atoms. The fourth-order valence-corrected chi connectivity index (χ4v) is 6.70. The number of hydrogen-bond acceptors (Lipinski definition) is 1. The molecule has 0 unspecified atom stereocenters. The third-order valence-corrected chi connectivity index (χ3v) is 8.67. The summed E-state index contributed by atoms with van der Waals surface area (Å²) in [6.07, 6.45) is 0. The molecule has 42 heavy (non-hydrogen) atoms. The molecule has 0 N–H and O–H groups in total. The molecule has 3 nitrogen and oxygen atoms in total. The number of aryl methyl sites for hydroxylation is 1. The lowest BCUT2D eigenvalue weighted by atomic mass is 10.0. The van der Waals surface area contributed by atoms with Gasteiger partial charge in [-0.15, -0.1) is 0 Å². The number of benzene rings is 6. The highest BCUT2D eigenvalue weighted by Crippen LogP contribution is 2.39. The summed E-state index contributed by atoms with van der Waals surface area (Å²) in [6, 6.07) is 47.8. The molecule has 0 saturated heterocycles. The monoisotopic (exact) mass is 537 g/mol. The minimum Gasteiger partial charge on any atom is -0.309 e. The average Bonchev–Trinajstić information content (AvgIpc) is 3.54. The Hall–Kier alpha value is -5.59. The SMILES string of the molecule is Cc1ccc(C#N)c(C)c1-n1c2ccccc2c2cc(-c3ccc4c(c3)c3ccccc3n4-c3ccccc3)ccc21. The Morgan fingerprint density at radius 1 is 0.500 bits per heavy atom. The first-order valence-corrected chi connectivity index (χ1v) is 14.3. The summed E-state index contributed by atoms with van der Waals surface area (Å²) in [7, 11) is 0. The number of rotatable bonds is 3. The topological polar surface area (TPSA) is 33.6 Å². The maximum Gasteiger partial charge on any atom is 0.0995 e. The molecule has 0 aliphatic carbocycles. The molecule has 3 heteroatoms. The molecule has 0 aliphatic rings. The third kappa shape index (κ3) is 3.46. The number of fused-ring (bicyclic) bond motifs is 6. The molecule has 0 fully saturated rings. The van der Waals surface area contributed by atoms with Crippen molar-refractivity contribution in [3.63, 3.8) is 0 Å². The zero-order chi connectivity index (χ0) is 28.4. The summed E-state index contributed by atoms with van der Waals surface area (Å²) in [5, 5.41) is 14.7. The number of nitriles is 1. The fraction of sp³-hybridized carbons (Fsp3) is 0.0513. The van der Waals surface area contributed by atoms with Crippen molar-refractivity contribution in [2.45, 2.75) is 13.8 Å². The highest BCUT2D eigenvalue weighted by atomic mass is 15.0.